The number of benzene rings is 2. The Morgan fingerprint density at radius 2 is 1.88 bits per heavy atom. The summed E-state index contributed by atoms with van der Waals surface area (Å²) in [4.78, 5) is 2.42. The lowest BCUT2D eigenvalue weighted by molar-refractivity contribution is -0.106. The van der Waals surface area contributed by atoms with Crippen molar-refractivity contribution >= 4 is 32.1 Å². The molecule has 0 saturated carbocycles. The largest absolute Gasteiger partial charge is 0.495 e. The number of hydrogen-bond acceptors (Lipinski definition) is 8. The zero-order chi connectivity index (χ0) is 29.6. The molecule has 10 heteroatoms. The fraction of sp³-hybridized carbons (Fsp3) is 0.484. The van der Waals surface area contributed by atoms with E-state index in [4.69, 9.17) is 9.47 Å². The Morgan fingerprint density at radius 3 is 2.51 bits per heavy atom. The number of ether oxygens (including phenoxy) is 2. The third-order valence-electron chi connectivity index (χ3n) is 7.48. The number of piperidine rings is 1. The van der Waals surface area contributed by atoms with E-state index in [1.165, 1.54) is 19.4 Å². The molecule has 1 fully saturated rings. The van der Waals surface area contributed by atoms with E-state index in [0.29, 0.717) is 24.0 Å². The van der Waals surface area contributed by atoms with Crippen molar-refractivity contribution < 1.29 is 23.0 Å². The van der Waals surface area contributed by atoms with Gasteiger partial charge in [0.05, 0.1) is 41.6 Å². The molecular formula is C31H42N4O5S. The number of methoxy groups -OCH3 is 2. The number of nitrogens with zero attached hydrogens (tertiary/aromatic N) is 2. The Bertz CT molecular complexity index is 1500. The highest BCUT2D eigenvalue weighted by molar-refractivity contribution is 7.90. The van der Waals surface area contributed by atoms with E-state index in [9.17, 15) is 13.5 Å². The van der Waals surface area contributed by atoms with Gasteiger partial charge < -0.3 is 29.8 Å². The smallest absolute Gasteiger partial charge is 0.175 e. The van der Waals surface area contributed by atoms with E-state index < -0.39 is 15.9 Å². The molecule has 3 aromatic rings. The topological polar surface area (TPSA) is 105 Å². The maximum atomic E-state index is 11.9. The summed E-state index contributed by atoms with van der Waals surface area (Å²) in [5.41, 5.74) is 3.89. The van der Waals surface area contributed by atoms with E-state index in [2.05, 4.69) is 63.1 Å². The van der Waals surface area contributed by atoms with Crippen molar-refractivity contribution in [1.29, 1.82) is 0 Å². The number of aromatic nitrogens is 1. The second kappa shape index (κ2) is 13.6. The van der Waals surface area contributed by atoms with Gasteiger partial charge in [0.25, 0.3) is 0 Å². The van der Waals surface area contributed by atoms with E-state index in [1.54, 1.807) is 26.2 Å². The molecule has 2 heterocycles. The number of sulfone groups is 1. The van der Waals surface area contributed by atoms with Gasteiger partial charge in [-0.25, -0.2) is 8.42 Å². The third-order valence-corrected chi connectivity index (χ3v) is 8.59. The Labute approximate surface area is 243 Å². The second-order valence-electron chi connectivity index (χ2n) is 10.5. The molecule has 1 aliphatic rings. The molecule has 222 valence electrons. The minimum atomic E-state index is -3.32. The maximum absolute atomic E-state index is 11.9. The molecule has 9 nitrogen and oxygen atoms in total. The van der Waals surface area contributed by atoms with Crippen LogP contribution in [-0.2, 0) is 21.1 Å². The normalized spacial score (nSPS) is 16.1. The molecule has 4 rings (SSSR count). The Kier molecular flexibility index (Phi) is 10.2. The van der Waals surface area contributed by atoms with Crippen LogP contribution in [0.4, 0.5) is 11.4 Å². The number of anilines is 2. The zero-order valence-electron chi connectivity index (χ0n) is 24.6. The number of rotatable bonds is 11. The summed E-state index contributed by atoms with van der Waals surface area (Å²) in [6, 6.07) is 13.6. The van der Waals surface area contributed by atoms with Crippen LogP contribution in [0.25, 0.3) is 10.9 Å². The molecule has 2 atom stereocenters. The number of nitrogens with one attached hydrogen (secondary N) is 2. The molecule has 0 aliphatic carbocycles. The standard InChI is InChI=1S/C31H42N4O5S/c1-6-17-35-24(9-8-16-32-28-13-12-25(41(5,37)38)21-30(28)39-3)20-26-27(10-7-11-29(26)35)33-23-14-18-34(19-15-23)31(40-4)22(2)36/h7,10-13,20-23,31-33,36H,6,14-19H2,1-5H3. The van der Waals surface area contributed by atoms with Gasteiger partial charge >= 0.3 is 0 Å². The van der Waals surface area contributed by atoms with Gasteiger partial charge in [-0.15, -0.1) is 0 Å². The molecule has 0 amide bonds. The van der Waals surface area contributed by atoms with Crippen LogP contribution in [0.5, 0.6) is 5.75 Å². The predicted octanol–water partition coefficient (Wildman–Crippen LogP) is 4.16. The van der Waals surface area contributed by atoms with Crippen molar-refractivity contribution in [3.8, 4) is 17.6 Å². The first-order chi connectivity index (χ1) is 19.7. The zero-order valence-corrected chi connectivity index (χ0v) is 25.4. The number of likely N-dealkylation sites (tertiary alicyclic amines) is 1. The lowest BCUT2D eigenvalue weighted by Gasteiger charge is -2.38. The van der Waals surface area contributed by atoms with Crippen molar-refractivity contribution in [2.24, 2.45) is 0 Å². The van der Waals surface area contributed by atoms with Crippen LogP contribution in [0.1, 0.15) is 38.8 Å². The summed E-state index contributed by atoms with van der Waals surface area (Å²) in [6.07, 6.45) is 3.29. The van der Waals surface area contributed by atoms with Crippen LogP contribution < -0.4 is 15.4 Å². The van der Waals surface area contributed by atoms with Crippen LogP contribution in [0.15, 0.2) is 47.4 Å². The molecule has 1 aliphatic heterocycles. The van der Waals surface area contributed by atoms with E-state index >= 15 is 0 Å². The summed E-state index contributed by atoms with van der Waals surface area (Å²) < 4.78 is 36.9. The number of hydrogen-bond donors (Lipinski definition) is 3. The fourth-order valence-corrected chi connectivity index (χ4v) is 6.11. The number of aryl methyl sites for hydroxylation is 1. The molecule has 2 aromatic carbocycles. The minimum Gasteiger partial charge on any atom is -0.495 e. The van der Waals surface area contributed by atoms with Crippen molar-refractivity contribution in [3.63, 3.8) is 0 Å². The highest BCUT2D eigenvalue weighted by atomic mass is 32.2. The van der Waals surface area contributed by atoms with Gasteiger partial charge in [0, 0.05) is 56.2 Å². The molecule has 1 saturated heterocycles. The quantitative estimate of drug-likeness (QED) is 0.290. The van der Waals surface area contributed by atoms with E-state index in [0.717, 1.165) is 61.2 Å². The lowest BCUT2D eigenvalue weighted by Crippen LogP contribution is -2.49. The summed E-state index contributed by atoms with van der Waals surface area (Å²) in [6.45, 7) is 6.89. The average molecular weight is 583 g/mol. The van der Waals surface area contributed by atoms with Crippen LogP contribution in [0, 0.1) is 11.8 Å². The van der Waals surface area contributed by atoms with Crippen molar-refractivity contribution in [2.75, 3.05) is 50.7 Å². The molecule has 1 aromatic heterocycles. The molecule has 0 spiro atoms. The highest BCUT2D eigenvalue weighted by Crippen LogP contribution is 2.30. The molecular weight excluding hydrogens is 540 g/mol. The average Bonchev–Trinajstić information content (AvgIpc) is 3.30. The first-order valence-corrected chi connectivity index (χ1v) is 16.0. The highest BCUT2D eigenvalue weighted by Gasteiger charge is 2.28. The Balaban J connectivity index is 1.49. The van der Waals surface area contributed by atoms with Gasteiger partial charge in [-0.2, -0.15) is 0 Å². The van der Waals surface area contributed by atoms with Crippen LogP contribution in [0.3, 0.4) is 0 Å². The molecule has 0 radical (unpaired) electrons. The van der Waals surface area contributed by atoms with Gasteiger partial charge in [-0.1, -0.05) is 18.9 Å². The molecule has 2 unspecified atom stereocenters. The molecule has 41 heavy (non-hydrogen) atoms. The van der Waals surface area contributed by atoms with Gasteiger partial charge in [-0.05, 0) is 62.4 Å². The van der Waals surface area contributed by atoms with Crippen molar-refractivity contribution in [2.45, 2.75) is 62.9 Å². The Morgan fingerprint density at radius 1 is 1.12 bits per heavy atom. The summed E-state index contributed by atoms with van der Waals surface area (Å²) in [7, 11) is -0.156. The summed E-state index contributed by atoms with van der Waals surface area (Å²) in [5, 5.41) is 18.2. The van der Waals surface area contributed by atoms with Crippen LogP contribution in [0.2, 0.25) is 0 Å². The van der Waals surface area contributed by atoms with Gasteiger partial charge in [-0.3, -0.25) is 4.90 Å². The molecule has 0 bridgehead atoms. The van der Waals surface area contributed by atoms with Gasteiger partial charge in [0.15, 0.2) is 9.84 Å². The first-order valence-electron chi connectivity index (χ1n) is 14.1. The number of aliphatic hydroxyl groups is 1. The predicted molar refractivity (Wildman–Crippen MR) is 164 cm³/mol. The minimum absolute atomic E-state index is 0.212. The summed E-state index contributed by atoms with van der Waals surface area (Å²) in [5.74, 6) is 7.02. The van der Waals surface area contributed by atoms with Crippen molar-refractivity contribution in [3.05, 3.63) is 48.2 Å². The van der Waals surface area contributed by atoms with E-state index in [1.807, 2.05) is 0 Å². The van der Waals surface area contributed by atoms with Gasteiger partial charge in [0.1, 0.15) is 12.0 Å². The Hall–Kier alpha value is -3.23. The van der Waals surface area contributed by atoms with Crippen LogP contribution >= 0.6 is 0 Å². The fourth-order valence-electron chi connectivity index (χ4n) is 5.47. The lowest BCUT2D eigenvalue weighted by atomic mass is 10.0. The number of fused-ring (bicyclic) bond motifs is 1. The van der Waals surface area contributed by atoms with Gasteiger partial charge in [0.2, 0.25) is 0 Å². The second-order valence-corrected chi connectivity index (χ2v) is 12.5. The van der Waals surface area contributed by atoms with Crippen molar-refractivity contribution in [1.82, 2.24) is 9.47 Å². The number of aliphatic hydroxyl groups excluding tert-OH is 1. The SMILES string of the molecule is CCCn1c(C#CCNc2ccc(S(C)(=O)=O)cc2OC)cc2c(NC3CCN(C(OC)C(C)O)CC3)cccc21. The maximum Gasteiger partial charge on any atom is 0.175 e. The van der Waals surface area contributed by atoms with E-state index in [-0.39, 0.29) is 11.1 Å². The summed E-state index contributed by atoms with van der Waals surface area (Å²) >= 11 is 0. The molecule has 3 N–H and O–H groups in total. The third kappa shape index (κ3) is 7.35. The monoisotopic (exact) mass is 582 g/mol. The van der Waals surface area contributed by atoms with Crippen LogP contribution in [-0.4, -0.2) is 81.5 Å². The first kappa shape index (κ1) is 30.7.